The summed E-state index contributed by atoms with van der Waals surface area (Å²) in [6.45, 7) is 0. The van der Waals surface area contributed by atoms with Crippen LogP contribution in [-0.2, 0) is 4.79 Å². The number of carbonyl (C=O) groups is 1. The van der Waals surface area contributed by atoms with Crippen molar-refractivity contribution >= 4 is 22.8 Å². The minimum atomic E-state index is -0.244. The van der Waals surface area contributed by atoms with Crippen LogP contribution in [0.1, 0.15) is 30.9 Å². The molecule has 1 N–H and O–H groups in total. The van der Waals surface area contributed by atoms with E-state index in [0.717, 1.165) is 46.7 Å². The van der Waals surface area contributed by atoms with Gasteiger partial charge in [-0.3, -0.25) is 9.36 Å². The van der Waals surface area contributed by atoms with Gasteiger partial charge in [0.05, 0.1) is 31.3 Å². The number of Topliss-reactive ketones (excluding diaryl/α,β-unsaturated/α-hetero) is 1. The normalized spacial score (nSPS) is 18.5. The molecule has 1 atom stereocenters. The maximum Gasteiger partial charge on any atom is 0.209 e. The standard InChI is InChI=1S/C22H21N3O3/c1-27-18-11-10-13(12-19(18)28-2)21-20-15(7-5-9-17(20)26)24-22-23-14-6-3-4-8-16(14)25(21)22/h3-4,6,8,10-12,21H,5,7,9H2,1-2H3,(H,23,24). The van der Waals surface area contributed by atoms with Gasteiger partial charge in [-0.1, -0.05) is 18.2 Å². The van der Waals surface area contributed by atoms with Gasteiger partial charge in [-0.05, 0) is 42.7 Å². The second kappa shape index (κ2) is 6.41. The zero-order chi connectivity index (χ0) is 19.3. The molecule has 6 nitrogen and oxygen atoms in total. The second-order valence-corrected chi connectivity index (χ2v) is 7.11. The van der Waals surface area contributed by atoms with Crippen LogP contribution >= 0.6 is 0 Å². The summed E-state index contributed by atoms with van der Waals surface area (Å²) < 4.78 is 13.0. The number of aromatic nitrogens is 2. The van der Waals surface area contributed by atoms with E-state index in [2.05, 4.69) is 9.88 Å². The van der Waals surface area contributed by atoms with Crippen LogP contribution in [0.5, 0.6) is 11.5 Å². The molecule has 0 fully saturated rings. The Morgan fingerprint density at radius 1 is 1.07 bits per heavy atom. The Hall–Kier alpha value is -3.28. The molecule has 0 radical (unpaired) electrons. The summed E-state index contributed by atoms with van der Waals surface area (Å²) >= 11 is 0. The SMILES string of the molecule is COc1ccc(C2C3=C(CCCC3=O)Nc3nc4ccccc4n32)cc1OC. The first kappa shape index (κ1) is 16.9. The Morgan fingerprint density at radius 3 is 2.71 bits per heavy atom. The summed E-state index contributed by atoms with van der Waals surface area (Å²) in [5.74, 6) is 2.28. The topological polar surface area (TPSA) is 65.4 Å². The molecule has 0 bridgehead atoms. The van der Waals surface area contributed by atoms with E-state index in [0.29, 0.717) is 17.9 Å². The number of nitrogens with zero attached hydrogens (tertiary/aromatic N) is 2. The number of fused-ring (bicyclic) bond motifs is 3. The Balaban J connectivity index is 1.78. The molecule has 6 heteroatoms. The molecular formula is C22H21N3O3. The molecule has 0 saturated carbocycles. The average molecular weight is 375 g/mol. The zero-order valence-electron chi connectivity index (χ0n) is 15.9. The van der Waals surface area contributed by atoms with E-state index in [9.17, 15) is 4.79 Å². The number of imidazole rings is 1. The van der Waals surface area contributed by atoms with E-state index in [4.69, 9.17) is 14.5 Å². The fraction of sp³-hybridized carbons (Fsp3) is 0.273. The molecule has 142 valence electrons. The summed E-state index contributed by atoms with van der Waals surface area (Å²) in [7, 11) is 3.24. The van der Waals surface area contributed by atoms with Crippen LogP contribution in [-0.4, -0.2) is 29.6 Å². The molecule has 1 aliphatic carbocycles. The minimum absolute atomic E-state index is 0.192. The third kappa shape index (κ3) is 2.41. The fourth-order valence-corrected chi connectivity index (χ4v) is 4.31. The monoisotopic (exact) mass is 375 g/mol. The minimum Gasteiger partial charge on any atom is -0.493 e. The number of anilines is 1. The van der Waals surface area contributed by atoms with Gasteiger partial charge in [0.15, 0.2) is 17.3 Å². The predicted octanol–water partition coefficient (Wildman–Crippen LogP) is 4.08. The number of carbonyl (C=O) groups excluding carboxylic acids is 1. The lowest BCUT2D eigenvalue weighted by Crippen LogP contribution is -2.30. The van der Waals surface area contributed by atoms with Crippen LogP contribution in [0.15, 0.2) is 53.7 Å². The van der Waals surface area contributed by atoms with Crippen molar-refractivity contribution in [2.75, 3.05) is 19.5 Å². The van der Waals surface area contributed by atoms with Gasteiger partial charge in [-0.25, -0.2) is 4.98 Å². The van der Waals surface area contributed by atoms with Crippen LogP contribution in [0.4, 0.5) is 5.95 Å². The number of hydrogen-bond acceptors (Lipinski definition) is 5. The van der Waals surface area contributed by atoms with Gasteiger partial charge in [0.2, 0.25) is 5.95 Å². The number of ether oxygens (including phenoxy) is 2. The molecule has 3 aromatic rings. The van der Waals surface area contributed by atoms with E-state index in [1.807, 2.05) is 42.5 Å². The quantitative estimate of drug-likeness (QED) is 0.747. The number of para-hydroxylation sites is 2. The average Bonchev–Trinajstić information content (AvgIpc) is 3.10. The Labute approximate surface area is 162 Å². The smallest absolute Gasteiger partial charge is 0.209 e. The highest BCUT2D eigenvalue weighted by molar-refractivity contribution is 6.00. The van der Waals surface area contributed by atoms with E-state index in [1.54, 1.807) is 14.2 Å². The summed E-state index contributed by atoms with van der Waals surface area (Å²) in [6.07, 6.45) is 2.30. The second-order valence-electron chi connectivity index (χ2n) is 7.11. The molecule has 2 aliphatic rings. The first-order valence-electron chi connectivity index (χ1n) is 9.43. The molecule has 0 amide bonds. The van der Waals surface area contributed by atoms with Crippen LogP contribution in [0, 0.1) is 0 Å². The number of allylic oxidation sites excluding steroid dienone is 2. The number of methoxy groups -OCH3 is 2. The summed E-state index contributed by atoms with van der Waals surface area (Å²) in [5.41, 5.74) is 4.69. The van der Waals surface area contributed by atoms with Gasteiger partial charge in [0, 0.05) is 17.7 Å². The third-order valence-electron chi connectivity index (χ3n) is 5.57. The van der Waals surface area contributed by atoms with E-state index in [1.165, 1.54) is 0 Å². The van der Waals surface area contributed by atoms with Crippen molar-refractivity contribution in [2.24, 2.45) is 0 Å². The molecule has 0 saturated heterocycles. The first-order valence-corrected chi connectivity index (χ1v) is 9.43. The molecule has 1 aliphatic heterocycles. The van der Waals surface area contributed by atoms with Gasteiger partial charge >= 0.3 is 0 Å². The first-order chi connectivity index (χ1) is 13.7. The van der Waals surface area contributed by atoms with Gasteiger partial charge < -0.3 is 14.8 Å². The molecule has 28 heavy (non-hydrogen) atoms. The maximum absolute atomic E-state index is 13.0. The van der Waals surface area contributed by atoms with Gasteiger partial charge in [-0.15, -0.1) is 0 Å². The van der Waals surface area contributed by atoms with Crippen molar-refractivity contribution in [1.29, 1.82) is 0 Å². The molecule has 2 aromatic carbocycles. The van der Waals surface area contributed by atoms with Crippen LogP contribution in [0.2, 0.25) is 0 Å². The van der Waals surface area contributed by atoms with Gasteiger partial charge in [-0.2, -0.15) is 0 Å². The van der Waals surface area contributed by atoms with Crippen LogP contribution < -0.4 is 14.8 Å². The number of nitrogens with one attached hydrogen (secondary N) is 1. The molecule has 0 spiro atoms. The summed E-state index contributed by atoms with van der Waals surface area (Å²) in [6, 6.07) is 13.6. The Morgan fingerprint density at radius 2 is 1.89 bits per heavy atom. The highest BCUT2D eigenvalue weighted by Gasteiger charge is 2.36. The van der Waals surface area contributed by atoms with Crippen molar-refractivity contribution in [3.05, 3.63) is 59.3 Å². The fourth-order valence-electron chi connectivity index (χ4n) is 4.31. The van der Waals surface area contributed by atoms with Gasteiger partial charge in [0.1, 0.15) is 0 Å². The van der Waals surface area contributed by atoms with Crippen LogP contribution in [0.3, 0.4) is 0 Å². The van der Waals surface area contributed by atoms with Crippen molar-refractivity contribution in [2.45, 2.75) is 25.3 Å². The molecule has 1 aromatic heterocycles. The van der Waals surface area contributed by atoms with E-state index in [-0.39, 0.29) is 11.8 Å². The summed E-state index contributed by atoms with van der Waals surface area (Å²) in [4.78, 5) is 17.7. The Bertz CT molecular complexity index is 1130. The highest BCUT2D eigenvalue weighted by Crippen LogP contribution is 2.44. The van der Waals surface area contributed by atoms with Crippen molar-refractivity contribution < 1.29 is 14.3 Å². The Kier molecular flexibility index (Phi) is 3.86. The van der Waals surface area contributed by atoms with Crippen molar-refractivity contribution in [3.8, 4) is 11.5 Å². The lowest BCUT2D eigenvalue weighted by Gasteiger charge is -2.34. The molecule has 5 rings (SSSR count). The van der Waals surface area contributed by atoms with Gasteiger partial charge in [0.25, 0.3) is 0 Å². The van der Waals surface area contributed by atoms with Crippen LogP contribution in [0.25, 0.3) is 11.0 Å². The van der Waals surface area contributed by atoms with Crippen molar-refractivity contribution in [3.63, 3.8) is 0 Å². The molecule has 1 unspecified atom stereocenters. The summed E-state index contributed by atoms with van der Waals surface area (Å²) in [5, 5.41) is 3.42. The van der Waals surface area contributed by atoms with E-state index < -0.39 is 0 Å². The lowest BCUT2D eigenvalue weighted by atomic mass is 9.85. The maximum atomic E-state index is 13.0. The third-order valence-corrected chi connectivity index (χ3v) is 5.57. The van der Waals surface area contributed by atoms with E-state index >= 15 is 0 Å². The predicted molar refractivity (Wildman–Crippen MR) is 107 cm³/mol. The number of hydrogen-bond donors (Lipinski definition) is 1. The number of ketones is 1. The largest absolute Gasteiger partial charge is 0.493 e. The zero-order valence-corrected chi connectivity index (χ0v) is 15.9. The van der Waals surface area contributed by atoms with Crippen molar-refractivity contribution in [1.82, 2.24) is 9.55 Å². The molecule has 2 heterocycles. The number of rotatable bonds is 3. The molecular weight excluding hydrogens is 354 g/mol. The number of benzene rings is 2. The highest BCUT2D eigenvalue weighted by atomic mass is 16.5. The lowest BCUT2D eigenvalue weighted by molar-refractivity contribution is -0.116.